The molecule has 0 N–H and O–H groups in total. The van der Waals surface area contributed by atoms with E-state index in [4.69, 9.17) is 9.47 Å². The van der Waals surface area contributed by atoms with Crippen molar-refractivity contribution in [2.75, 3.05) is 13.7 Å². The Bertz CT molecular complexity index is 1030. The van der Waals surface area contributed by atoms with E-state index < -0.39 is 11.2 Å². The normalized spacial score (nSPS) is 11.5. The number of fused-ring (bicyclic) bond motifs is 1. The van der Waals surface area contributed by atoms with Gasteiger partial charge in [-0.05, 0) is 42.5 Å². The van der Waals surface area contributed by atoms with Gasteiger partial charge in [-0.3, -0.25) is 9.59 Å². The van der Waals surface area contributed by atoms with Crippen molar-refractivity contribution < 1.29 is 23.5 Å². The highest BCUT2D eigenvalue weighted by Crippen LogP contribution is 2.40. The number of carbonyl (C=O) groups is 2. The summed E-state index contributed by atoms with van der Waals surface area (Å²) in [4.78, 5) is 25.7. The molecule has 0 saturated carbocycles. The minimum absolute atomic E-state index is 0.105. The largest absolute Gasteiger partial charge is 0.497 e. The minimum Gasteiger partial charge on any atom is -0.497 e. The van der Waals surface area contributed by atoms with E-state index in [1.165, 1.54) is 23.5 Å². The summed E-state index contributed by atoms with van der Waals surface area (Å²) in [5.41, 5.74) is -0.114. The monoisotopic (exact) mass is 400 g/mol. The van der Waals surface area contributed by atoms with Crippen molar-refractivity contribution in [1.29, 1.82) is 0 Å². The molecule has 0 spiro atoms. The van der Waals surface area contributed by atoms with Gasteiger partial charge in [0.25, 0.3) is 0 Å². The number of thiophene rings is 1. The topological polar surface area (TPSA) is 52.6 Å². The summed E-state index contributed by atoms with van der Waals surface area (Å²) in [6.07, 6.45) is 0. The molecule has 0 amide bonds. The first-order valence-corrected chi connectivity index (χ1v) is 9.59. The highest BCUT2D eigenvalue weighted by atomic mass is 32.1. The number of ketones is 2. The lowest BCUT2D eigenvalue weighted by molar-refractivity contribution is -0.128. The van der Waals surface area contributed by atoms with Crippen LogP contribution in [-0.4, -0.2) is 25.3 Å². The Balaban J connectivity index is 2.02. The molecule has 146 valence electrons. The van der Waals surface area contributed by atoms with E-state index >= 15 is 0 Å². The molecule has 0 aliphatic carbocycles. The van der Waals surface area contributed by atoms with Gasteiger partial charge in [-0.2, -0.15) is 0 Å². The predicted octanol–water partition coefficient (Wildman–Crippen LogP) is 5.27. The number of Topliss-reactive ketones (excluding diaryl/α,β-unsaturated/α-hetero) is 1. The van der Waals surface area contributed by atoms with Gasteiger partial charge in [0.1, 0.15) is 28.8 Å². The van der Waals surface area contributed by atoms with Crippen LogP contribution in [0.2, 0.25) is 0 Å². The van der Waals surface area contributed by atoms with E-state index in [-0.39, 0.29) is 23.9 Å². The zero-order chi connectivity index (χ0) is 20.5. The number of ether oxygens (including phenoxy) is 2. The van der Waals surface area contributed by atoms with E-state index in [0.29, 0.717) is 21.6 Å². The number of carbonyl (C=O) groups excluding carboxylic acids is 2. The molecule has 28 heavy (non-hydrogen) atoms. The van der Waals surface area contributed by atoms with Crippen LogP contribution in [0.3, 0.4) is 0 Å². The van der Waals surface area contributed by atoms with Crippen LogP contribution < -0.4 is 9.47 Å². The molecule has 4 nitrogen and oxygen atoms in total. The van der Waals surface area contributed by atoms with Crippen molar-refractivity contribution in [1.82, 2.24) is 0 Å². The molecule has 0 fully saturated rings. The Kier molecular flexibility index (Phi) is 5.52. The highest BCUT2D eigenvalue weighted by molar-refractivity contribution is 7.21. The third-order valence-corrected chi connectivity index (χ3v) is 5.50. The van der Waals surface area contributed by atoms with Crippen LogP contribution in [0.4, 0.5) is 4.39 Å². The molecule has 3 rings (SSSR count). The Hall–Kier alpha value is -2.73. The molecular weight excluding hydrogens is 379 g/mol. The van der Waals surface area contributed by atoms with Crippen molar-refractivity contribution in [3.05, 3.63) is 58.7 Å². The Morgan fingerprint density at radius 2 is 1.75 bits per heavy atom. The molecule has 0 aliphatic rings. The van der Waals surface area contributed by atoms with Gasteiger partial charge in [-0.1, -0.05) is 20.8 Å². The van der Waals surface area contributed by atoms with E-state index in [2.05, 4.69) is 0 Å². The van der Waals surface area contributed by atoms with Gasteiger partial charge in [0, 0.05) is 21.1 Å². The van der Waals surface area contributed by atoms with Crippen LogP contribution >= 0.6 is 11.3 Å². The van der Waals surface area contributed by atoms with Crippen LogP contribution in [0, 0.1) is 11.2 Å². The molecule has 1 heterocycles. The first-order valence-electron chi connectivity index (χ1n) is 8.77. The maximum atomic E-state index is 13.8. The molecule has 0 saturated heterocycles. The average molecular weight is 400 g/mol. The van der Waals surface area contributed by atoms with Crippen LogP contribution in [0.25, 0.3) is 10.1 Å². The van der Waals surface area contributed by atoms with Crippen LogP contribution in [0.15, 0.2) is 42.5 Å². The Labute approximate surface area is 166 Å². The zero-order valence-corrected chi connectivity index (χ0v) is 17.0. The van der Waals surface area contributed by atoms with E-state index in [1.54, 1.807) is 58.2 Å². The SMILES string of the molecule is COc1ccc(C(=O)c2sc3ccc(F)cc3c2OCC(=O)C(C)(C)C)cc1. The van der Waals surface area contributed by atoms with Gasteiger partial charge >= 0.3 is 0 Å². The number of benzene rings is 2. The van der Waals surface area contributed by atoms with Gasteiger partial charge in [0.05, 0.1) is 7.11 Å². The quantitative estimate of drug-likeness (QED) is 0.529. The third kappa shape index (κ3) is 4.07. The summed E-state index contributed by atoms with van der Waals surface area (Å²) in [6.45, 7) is 5.21. The minimum atomic E-state index is -0.572. The second-order valence-electron chi connectivity index (χ2n) is 7.42. The number of hydrogen-bond donors (Lipinski definition) is 0. The molecule has 2 aromatic carbocycles. The van der Waals surface area contributed by atoms with E-state index in [9.17, 15) is 14.0 Å². The molecule has 0 bridgehead atoms. The Morgan fingerprint density at radius 3 is 2.36 bits per heavy atom. The smallest absolute Gasteiger partial charge is 0.206 e. The second-order valence-corrected chi connectivity index (χ2v) is 8.47. The molecular formula is C22H21FO4S. The van der Waals surface area contributed by atoms with E-state index in [1.807, 2.05) is 0 Å². The molecule has 3 aromatic rings. The fourth-order valence-electron chi connectivity index (χ4n) is 2.57. The number of methoxy groups -OCH3 is 1. The number of halogens is 1. The second kappa shape index (κ2) is 7.72. The summed E-state index contributed by atoms with van der Waals surface area (Å²) in [7, 11) is 1.55. The fraction of sp³-hybridized carbons (Fsp3) is 0.273. The van der Waals surface area contributed by atoms with Crippen molar-refractivity contribution in [3.8, 4) is 11.5 Å². The molecule has 0 radical (unpaired) electrons. The fourth-order valence-corrected chi connectivity index (χ4v) is 3.66. The summed E-state index contributed by atoms with van der Waals surface area (Å²) >= 11 is 1.22. The van der Waals surface area contributed by atoms with Gasteiger partial charge < -0.3 is 9.47 Å². The zero-order valence-electron chi connectivity index (χ0n) is 16.2. The van der Waals surface area contributed by atoms with Gasteiger partial charge in [0.2, 0.25) is 5.78 Å². The molecule has 0 atom stereocenters. The van der Waals surface area contributed by atoms with E-state index in [0.717, 1.165) is 4.70 Å². The maximum Gasteiger partial charge on any atom is 0.206 e. The molecule has 6 heteroatoms. The first kappa shape index (κ1) is 20.0. The van der Waals surface area contributed by atoms with Crippen molar-refractivity contribution in [2.24, 2.45) is 5.41 Å². The lowest BCUT2D eigenvalue weighted by Crippen LogP contribution is -2.26. The molecule has 1 aromatic heterocycles. The van der Waals surface area contributed by atoms with Crippen molar-refractivity contribution in [2.45, 2.75) is 20.8 Å². The lowest BCUT2D eigenvalue weighted by Gasteiger charge is -2.17. The van der Waals surface area contributed by atoms with Crippen LogP contribution in [0.1, 0.15) is 36.0 Å². The van der Waals surface area contributed by atoms with Gasteiger partial charge in [-0.25, -0.2) is 4.39 Å². The van der Waals surface area contributed by atoms with Crippen LogP contribution in [-0.2, 0) is 4.79 Å². The van der Waals surface area contributed by atoms with Gasteiger partial charge in [-0.15, -0.1) is 11.3 Å². The summed E-state index contributed by atoms with van der Waals surface area (Å²) in [6, 6.07) is 11.0. The molecule has 0 aliphatic heterocycles. The average Bonchev–Trinajstić information content (AvgIpc) is 3.02. The number of rotatable bonds is 6. The maximum absolute atomic E-state index is 13.8. The van der Waals surface area contributed by atoms with Gasteiger partial charge in [0.15, 0.2) is 5.78 Å². The summed E-state index contributed by atoms with van der Waals surface area (Å²) in [5.74, 6) is 0.106. The highest BCUT2D eigenvalue weighted by Gasteiger charge is 2.25. The summed E-state index contributed by atoms with van der Waals surface area (Å²) < 4.78 is 25.4. The summed E-state index contributed by atoms with van der Waals surface area (Å²) in [5, 5.41) is 0.489. The molecule has 0 unspecified atom stereocenters. The van der Waals surface area contributed by atoms with Crippen molar-refractivity contribution in [3.63, 3.8) is 0 Å². The third-order valence-electron chi connectivity index (χ3n) is 4.35. The van der Waals surface area contributed by atoms with Crippen LogP contribution in [0.5, 0.6) is 11.5 Å². The Morgan fingerprint density at radius 1 is 1.07 bits per heavy atom. The predicted molar refractivity (Wildman–Crippen MR) is 108 cm³/mol. The van der Waals surface area contributed by atoms with Crippen molar-refractivity contribution >= 4 is 33.0 Å². The first-order chi connectivity index (χ1) is 13.2. The lowest BCUT2D eigenvalue weighted by atomic mass is 9.91. The number of hydrogen-bond acceptors (Lipinski definition) is 5. The standard InChI is InChI=1S/C22H21FO4S/c1-22(2,3)18(24)12-27-20-16-11-14(23)7-10-17(16)28-21(20)19(25)13-5-8-15(26-4)9-6-13/h5-11H,12H2,1-4H3.